The van der Waals surface area contributed by atoms with Crippen molar-refractivity contribution in [2.75, 3.05) is 38.2 Å². The molecule has 0 radical (unpaired) electrons. The maximum atomic E-state index is 12.8. The van der Waals surface area contributed by atoms with E-state index in [1.807, 2.05) is 30.0 Å². The second-order valence-corrected chi connectivity index (χ2v) is 8.90. The zero-order chi connectivity index (χ0) is 22.8. The molecule has 4 aromatic rings. The Balaban J connectivity index is 1.20. The number of fused-ring (bicyclic) bond motifs is 1. The predicted molar refractivity (Wildman–Crippen MR) is 130 cm³/mol. The summed E-state index contributed by atoms with van der Waals surface area (Å²) in [5.74, 6) is 1.45. The van der Waals surface area contributed by atoms with Gasteiger partial charge in [0.05, 0.1) is 7.11 Å². The summed E-state index contributed by atoms with van der Waals surface area (Å²) in [7, 11) is 1.66. The molecule has 5 rings (SSSR count). The Labute approximate surface area is 196 Å². The van der Waals surface area contributed by atoms with Crippen molar-refractivity contribution in [2.45, 2.75) is 13.5 Å². The number of nitrogens with one attached hydrogen (secondary N) is 1. The minimum absolute atomic E-state index is 0.0160. The summed E-state index contributed by atoms with van der Waals surface area (Å²) < 4.78 is 8.57. The molecule has 3 heterocycles. The summed E-state index contributed by atoms with van der Waals surface area (Å²) in [5.41, 5.74) is 3.07. The molecule has 8 nitrogen and oxygen atoms in total. The molecule has 0 spiro atoms. The van der Waals surface area contributed by atoms with E-state index in [1.165, 1.54) is 10.1 Å². The van der Waals surface area contributed by atoms with Crippen LogP contribution in [0.2, 0.25) is 0 Å². The molecule has 1 fully saturated rings. The Bertz CT molecular complexity index is 1270. The number of aryl methyl sites for hydroxylation is 1. The number of nitrogens with zero attached hydrogens (tertiary/aromatic N) is 5. The third kappa shape index (κ3) is 4.36. The van der Waals surface area contributed by atoms with Crippen LogP contribution in [0.15, 0.2) is 54.2 Å². The van der Waals surface area contributed by atoms with E-state index in [4.69, 9.17) is 4.74 Å². The fraction of sp³-hybridized carbons (Fsp3) is 0.292. The number of thiophene rings is 1. The summed E-state index contributed by atoms with van der Waals surface area (Å²) in [4.78, 5) is 21.1. The highest BCUT2D eigenvalue weighted by molar-refractivity contribution is 7.17. The smallest absolute Gasteiger partial charge is 0.317 e. The predicted octanol–water partition coefficient (Wildman–Crippen LogP) is 3.83. The highest BCUT2D eigenvalue weighted by Gasteiger charge is 2.22. The zero-order valence-corrected chi connectivity index (χ0v) is 19.5. The number of ether oxygens (including phenoxy) is 1. The summed E-state index contributed by atoms with van der Waals surface area (Å²) in [6.07, 6.45) is 1.68. The number of carbonyl (C=O) groups is 1. The van der Waals surface area contributed by atoms with Gasteiger partial charge in [0.2, 0.25) is 0 Å². The molecule has 0 aliphatic carbocycles. The van der Waals surface area contributed by atoms with Gasteiger partial charge in [-0.3, -0.25) is 0 Å². The monoisotopic (exact) mass is 462 g/mol. The number of carbonyl (C=O) groups excluding carboxylic acids is 1. The lowest BCUT2D eigenvalue weighted by Crippen LogP contribution is -2.51. The Morgan fingerprint density at radius 3 is 2.76 bits per heavy atom. The van der Waals surface area contributed by atoms with Crippen LogP contribution in [0.3, 0.4) is 0 Å². The minimum atomic E-state index is -0.0160. The molecule has 0 saturated carbocycles. The van der Waals surface area contributed by atoms with Crippen molar-refractivity contribution in [3.05, 3.63) is 65.6 Å². The Morgan fingerprint density at radius 2 is 2.00 bits per heavy atom. The van der Waals surface area contributed by atoms with E-state index in [9.17, 15) is 4.79 Å². The average Bonchev–Trinajstić information content (AvgIpc) is 3.51. The van der Waals surface area contributed by atoms with Crippen LogP contribution in [0.5, 0.6) is 5.75 Å². The number of hydrogen-bond acceptors (Lipinski definition) is 6. The highest BCUT2D eigenvalue weighted by atomic mass is 32.1. The van der Waals surface area contributed by atoms with Crippen LogP contribution < -0.4 is 15.0 Å². The van der Waals surface area contributed by atoms with Crippen LogP contribution in [0.1, 0.15) is 11.4 Å². The van der Waals surface area contributed by atoms with Gasteiger partial charge in [-0.25, -0.2) is 14.5 Å². The molecule has 1 saturated heterocycles. The third-order valence-corrected chi connectivity index (χ3v) is 6.94. The topological polar surface area (TPSA) is 75.5 Å². The van der Waals surface area contributed by atoms with Crippen molar-refractivity contribution < 1.29 is 9.53 Å². The quantitative estimate of drug-likeness (QED) is 0.488. The van der Waals surface area contributed by atoms with Crippen molar-refractivity contribution >= 4 is 33.1 Å². The van der Waals surface area contributed by atoms with E-state index >= 15 is 0 Å². The molecule has 9 heteroatoms. The van der Waals surface area contributed by atoms with Gasteiger partial charge in [-0.05, 0) is 41.5 Å². The maximum Gasteiger partial charge on any atom is 0.317 e. The molecule has 2 aromatic heterocycles. The second-order valence-electron chi connectivity index (χ2n) is 7.98. The number of amides is 2. The van der Waals surface area contributed by atoms with Crippen molar-refractivity contribution in [3.8, 4) is 11.4 Å². The number of piperazine rings is 1. The fourth-order valence-electron chi connectivity index (χ4n) is 4.16. The number of methoxy groups -OCH3 is 1. The first-order valence-electron chi connectivity index (χ1n) is 10.9. The first kappa shape index (κ1) is 21.3. The van der Waals surface area contributed by atoms with Crippen LogP contribution in [0.25, 0.3) is 15.8 Å². The Kier molecular flexibility index (Phi) is 5.87. The summed E-state index contributed by atoms with van der Waals surface area (Å²) in [6.45, 7) is 5.26. The highest BCUT2D eigenvalue weighted by Crippen LogP contribution is 2.29. The number of urea groups is 1. The summed E-state index contributed by atoms with van der Waals surface area (Å²) >= 11 is 1.71. The standard InChI is InChI=1S/C24H26N6O2S/c1-17-26-16-30(27-17)21-7-6-20(14-22(21)32-2)28-9-11-29(12-10-28)24(31)25-15-19-5-3-4-18-8-13-33-23(18)19/h3-8,13-14,16H,9-12,15H2,1-2H3,(H,25,31). The van der Waals surface area contributed by atoms with Crippen LogP contribution >= 0.6 is 11.3 Å². The van der Waals surface area contributed by atoms with Gasteiger partial charge in [0, 0.05) is 49.2 Å². The first-order chi connectivity index (χ1) is 16.1. The molecule has 33 heavy (non-hydrogen) atoms. The van der Waals surface area contributed by atoms with Gasteiger partial charge < -0.3 is 19.9 Å². The Morgan fingerprint density at radius 1 is 1.15 bits per heavy atom. The molecular weight excluding hydrogens is 436 g/mol. The minimum Gasteiger partial charge on any atom is -0.494 e. The van der Waals surface area contributed by atoms with E-state index < -0.39 is 0 Å². The van der Waals surface area contributed by atoms with Gasteiger partial charge in [0.15, 0.2) is 0 Å². The van der Waals surface area contributed by atoms with Crippen molar-refractivity contribution in [3.63, 3.8) is 0 Å². The number of benzene rings is 2. The van der Waals surface area contributed by atoms with Crippen molar-refractivity contribution in [1.82, 2.24) is 25.0 Å². The number of hydrogen-bond donors (Lipinski definition) is 1. The number of anilines is 1. The van der Waals surface area contributed by atoms with Gasteiger partial charge in [-0.2, -0.15) is 5.10 Å². The second kappa shape index (κ2) is 9.11. The molecule has 170 valence electrons. The largest absolute Gasteiger partial charge is 0.494 e. The third-order valence-electron chi connectivity index (χ3n) is 5.94. The average molecular weight is 463 g/mol. The SMILES string of the molecule is COc1cc(N2CCN(C(=O)NCc3cccc4ccsc34)CC2)ccc1-n1cnc(C)n1. The van der Waals surface area contributed by atoms with E-state index in [2.05, 4.69) is 49.9 Å². The number of rotatable bonds is 5. The summed E-state index contributed by atoms with van der Waals surface area (Å²) in [6, 6.07) is 14.4. The van der Waals surface area contributed by atoms with Crippen LogP contribution in [0, 0.1) is 6.92 Å². The van der Waals surface area contributed by atoms with Gasteiger partial charge in [0.25, 0.3) is 0 Å². The molecule has 0 atom stereocenters. The molecule has 2 aromatic carbocycles. The van der Waals surface area contributed by atoms with Crippen LogP contribution in [-0.2, 0) is 6.54 Å². The van der Waals surface area contributed by atoms with Gasteiger partial charge in [-0.1, -0.05) is 18.2 Å². The van der Waals surface area contributed by atoms with Crippen LogP contribution in [-0.4, -0.2) is 59.0 Å². The van der Waals surface area contributed by atoms with E-state index in [0.29, 0.717) is 25.5 Å². The van der Waals surface area contributed by atoms with Crippen molar-refractivity contribution in [2.24, 2.45) is 0 Å². The zero-order valence-electron chi connectivity index (χ0n) is 18.7. The lowest BCUT2D eigenvalue weighted by Gasteiger charge is -2.36. The first-order valence-corrected chi connectivity index (χ1v) is 11.8. The number of aromatic nitrogens is 3. The van der Waals surface area contributed by atoms with Gasteiger partial charge >= 0.3 is 6.03 Å². The molecule has 0 bridgehead atoms. The van der Waals surface area contributed by atoms with E-state index in [-0.39, 0.29) is 6.03 Å². The van der Waals surface area contributed by atoms with E-state index in [1.54, 1.807) is 29.5 Å². The normalized spacial score (nSPS) is 14.0. The molecule has 2 amide bonds. The van der Waals surface area contributed by atoms with E-state index in [0.717, 1.165) is 35.8 Å². The lowest BCUT2D eigenvalue weighted by molar-refractivity contribution is 0.194. The molecule has 1 N–H and O–H groups in total. The van der Waals surface area contributed by atoms with Gasteiger partial charge in [-0.15, -0.1) is 11.3 Å². The Hall–Kier alpha value is -3.59. The molecule has 0 unspecified atom stereocenters. The molecule has 1 aliphatic rings. The van der Waals surface area contributed by atoms with Gasteiger partial charge in [0.1, 0.15) is 23.6 Å². The molecule has 1 aliphatic heterocycles. The van der Waals surface area contributed by atoms with Crippen molar-refractivity contribution in [1.29, 1.82) is 0 Å². The summed E-state index contributed by atoms with van der Waals surface area (Å²) in [5, 5.41) is 10.8. The lowest BCUT2D eigenvalue weighted by atomic mass is 10.1. The molecular formula is C24H26N6O2S. The maximum absolute atomic E-state index is 12.8. The van der Waals surface area contributed by atoms with Crippen LogP contribution in [0.4, 0.5) is 10.5 Å². The fourth-order valence-corrected chi connectivity index (χ4v) is 5.07.